The first-order valence-corrected chi connectivity index (χ1v) is 7.44. The van der Waals surface area contributed by atoms with E-state index in [-0.39, 0.29) is 15.5 Å². The molecule has 1 aromatic carbocycles. The van der Waals surface area contributed by atoms with Gasteiger partial charge in [-0.3, -0.25) is 0 Å². The molecular weight excluding hydrogens is 286 g/mol. The number of benzene rings is 1. The van der Waals surface area contributed by atoms with Crippen molar-refractivity contribution in [2.45, 2.75) is 9.79 Å². The molecule has 8 heteroatoms. The van der Waals surface area contributed by atoms with Gasteiger partial charge in [0.15, 0.2) is 0 Å². The van der Waals surface area contributed by atoms with E-state index in [4.69, 9.17) is 16.7 Å². The van der Waals surface area contributed by atoms with Gasteiger partial charge in [-0.2, -0.15) is 0 Å². The third-order valence-corrected chi connectivity index (χ3v) is 4.14. The molecule has 0 aliphatic heterocycles. The highest BCUT2D eigenvalue weighted by Crippen LogP contribution is 2.30. The Hall–Kier alpha value is -0.760. The number of carbonyl (C=O) groups excluding carboxylic acids is 1. The third-order valence-electron chi connectivity index (χ3n) is 1.97. The van der Waals surface area contributed by atoms with Crippen molar-refractivity contribution in [3.63, 3.8) is 0 Å². The molecule has 0 unspecified atom stereocenters. The molecule has 0 spiro atoms. The molecule has 0 bridgehead atoms. The van der Waals surface area contributed by atoms with Crippen molar-refractivity contribution < 1.29 is 17.9 Å². The van der Waals surface area contributed by atoms with E-state index in [1.54, 1.807) is 6.26 Å². The van der Waals surface area contributed by atoms with Crippen molar-refractivity contribution in [3.8, 4) is 0 Å². The van der Waals surface area contributed by atoms with E-state index < -0.39 is 16.0 Å². The molecule has 0 fully saturated rings. The van der Waals surface area contributed by atoms with Crippen LogP contribution in [0.25, 0.3) is 0 Å². The Morgan fingerprint density at radius 2 is 2.06 bits per heavy atom. The number of esters is 1. The summed E-state index contributed by atoms with van der Waals surface area (Å²) in [6.07, 6.45) is 1.68. The minimum absolute atomic E-state index is 0.0315. The van der Waals surface area contributed by atoms with Crippen LogP contribution < -0.4 is 5.14 Å². The number of ether oxygens (including phenoxy) is 1. The number of carbonyl (C=O) groups is 1. The molecule has 0 aliphatic carbocycles. The number of thioether (sulfide) groups is 1. The fourth-order valence-corrected chi connectivity index (χ4v) is 3.20. The van der Waals surface area contributed by atoms with E-state index in [0.29, 0.717) is 4.90 Å². The Morgan fingerprint density at radius 3 is 2.47 bits per heavy atom. The van der Waals surface area contributed by atoms with Gasteiger partial charge in [0.2, 0.25) is 10.0 Å². The average Bonchev–Trinajstić information content (AvgIpc) is 2.25. The summed E-state index contributed by atoms with van der Waals surface area (Å²) in [5.74, 6) is -0.715. The molecule has 0 atom stereocenters. The maximum absolute atomic E-state index is 11.4. The monoisotopic (exact) mass is 295 g/mol. The second-order valence-corrected chi connectivity index (χ2v) is 5.80. The Balaban J connectivity index is 3.54. The van der Waals surface area contributed by atoms with Crippen molar-refractivity contribution in [2.75, 3.05) is 13.4 Å². The molecule has 94 valence electrons. The van der Waals surface area contributed by atoms with E-state index in [9.17, 15) is 13.2 Å². The van der Waals surface area contributed by atoms with Crippen molar-refractivity contribution in [1.82, 2.24) is 0 Å². The molecule has 0 aromatic heterocycles. The van der Waals surface area contributed by atoms with Gasteiger partial charge >= 0.3 is 5.97 Å². The van der Waals surface area contributed by atoms with E-state index in [1.807, 2.05) is 0 Å². The lowest BCUT2D eigenvalue weighted by Crippen LogP contribution is -2.15. The van der Waals surface area contributed by atoms with Gasteiger partial charge in [0.1, 0.15) is 0 Å². The zero-order valence-corrected chi connectivity index (χ0v) is 11.4. The predicted molar refractivity (Wildman–Crippen MR) is 65.9 cm³/mol. The Morgan fingerprint density at radius 1 is 1.47 bits per heavy atom. The van der Waals surface area contributed by atoms with E-state index in [1.165, 1.54) is 24.9 Å². The molecule has 0 heterocycles. The fourth-order valence-electron chi connectivity index (χ4n) is 1.18. The topological polar surface area (TPSA) is 86.5 Å². The number of halogens is 1. The van der Waals surface area contributed by atoms with Gasteiger partial charge in [0.05, 0.1) is 22.6 Å². The van der Waals surface area contributed by atoms with Gasteiger partial charge in [0, 0.05) is 4.90 Å². The summed E-state index contributed by atoms with van der Waals surface area (Å²) in [4.78, 5) is 11.6. The van der Waals surface area contributed by atoms with Crippen molar-refractivity contribution in [2.24, 2.45) is 5.14 Å². The lowest BCUT2D eigenvalue weighted by Gasteiger charge is -2.09. The van der Waals surface area contributed by atoms with Gasteiger partial charge < -0.3 is 4.74 Å². The molecule has 2 N–H and O–H groups in total. The highest BCUT2D eigenvalue weighted by atomic mass is 35.5. The second-order valence-electron chi connectivity index (χ2n) is 3.02. The summed E-state index contributed by atoms with van der Waals surface area (Å²) in [5, 5.41) is 5.18. The van der Waals surface area contributed by atoms with Crippen LogP contribution in [0.1, 0.15) is 10.4 Å². The third kappa shape index (κ3) is 3.12. The summed E-state index contributed by atoms with van der Waals surface area (Å²) in [6.45, 7) is 0. The number of hydrogen-bond donors (Lipinski definition) is 1. The molecule has 1 aromatic rings. The molecule has 1 rings (SSSR count). The summed E-state index contributed by atoms with van der Waals surface area (Å²) >= 11 is 7.02. The van der Waals surface area contributed by atoms with Crippen LogP contribution in [0.3, 0.4) is 0 Å². The van der Waals surface area contributed by atoms with Crippen molar-refractivity contribution >= 4 is 39.4 Å². The van der Waals surface area contributed by atoms with Crippen LogP contribution in [-0.2, 0) is 14.8 Å². The molecule has 5 nitrogen and oxygen atoms in total. The number of methoxy groups -OCH3 is 1. The van der Waals surface area contributed by atoms with Gasteiger partial charge in [-0.25, -0.2) is 18.4 Å². The first-order valence-electron chi connectivity index (χ1n) is 4.30. The van der Waals surface area contributed by atoms with E-state index in [0.717, 1.165) is 6.07 Å². The molecule has 17 heavy (non-hydrogen) atoms. The molecule has 0 aliphatic rings. The van der Waals surface area contributed by atoms with Gasteiger partial charge in [-0.1, -0.05) is 11.6 Å². The number of primary sulfonamides is 1. The van der Waals surface area contributed by atoms with Crippen LogP contribution in [0, 0.1) is 0 Å². The lowest BCUT2D eigenvalue weighted by atomic mass is 10.2. The number of rotatable bonds is 3. The number of hydrogen-bond acceptors (Lipinski definition) is 5. The predicted octanol–water partition coefficient (Wildman–Crippen LogP) is 1.50. The average molecular weight is 296 g/mol. The van der Waals surface area contributed by atoms with Crippen LogP contribution in [0.15, 0.2) is 21.9 Å². The Kier molecular flexibility index (Phi) is 4.42. The summed E-state index contributed by atoms with van der Waals surface area (Å²) in [6, 6.07) is 2.49. The van der Waals surface area contributed by atoms with E-state index in [2.05, 4.69) is 4.74 Å². The van der Waals surface area contributed by atoms with Gasteiger partial charge in [0.25, 0.3) is 0 Å². The highest BCUT2D eigenvalue weighted by Gasteiger charge is 2.20. The smallest absolute Gasteiger partial charge is 0.339 e. The van der Waals surface area contributed by atoms with Crippen LogP contribution in [0.4, 0.5) is 0 Å². The minimum Gasteiger partial charge on any atom is -0.465 e. The minimum atomic E-state index is -3.91. The van der Waals surface area contributed by atoms with Crippen LogP contribution >= 0.6 is 23.4 Å². The van der Waals surface area contributed by atoms with Crippen LogP contribution in [-0.4, -0.2) is 27.8 Å². The highest BCUT2D eigenvalue weighted by molar-refractivity contribution is 7.99. The largest absolute Gasteiger partial charge is 0.465 e. The van der Waals surface area contributed by atoms with Crippen molar-refractivity contribution in [1.29, 1.82) is 0 Å². The SMILES string of the molecule is COC(=O)c1cc(S(N)(=O)=O)c(SC)cc1Cl. The maximum atomic E-state index is 11.4. The van der Waals surface area contributed by atoms with Gasteiger partial charge in [-0.05, 0) is 18.4 Å². The van der Waals surface area contributed by atoms with Crippen molar-refractivity contribution in [3.05, 3.63) is 22.7 Å². The lowest BCUT2D eigenvalue weighted by molar-refractivity contribution is 0.0600. The first-order chi connectivity index (χ1) is 7.81. The zero-order chi connectivity index (χ0) is 13.2. The Bertz CT molecular complexity index is 556. The first kappa shape index (κ1) is 14.3. The standard InChI is InChI=1S/C9H10ClNO4S2/c1-15-9(12)5-3-8(17(11,13)14)7(16-2)4-6(5)10/h3-4H,1-2H3,(H2,11,13,14). The number of nitrogens with two attached hydrogens (primary N) is 1. The summed E-state index contributed by atoms with van der Waals surface area (Å²) in [7, 11) is -2.74. The van der Waals surface area contributed by atoms with Crippen LogP contribution in [0.2, 0.25) is 5.02 Å². The maximum Gasteiger partial charge on any atom is 0.339 e. The molecule has 0 radical (unpaired) electrons. The fraction of sp³-hybridized carbons (Fsp3) is 0.222. The Labute approximate surface area is 108 Å². The van der Waals surface area contributed by atoms with E-state index >= 15 is 0 Å². The quantitative estimate of drug-likeness (QED) is 0.674. The normalized spacial score (nSPS) is 11.3. The summed E-state index contributed by atoms with van der Waals surface area (Å²) in [5.41, 5.74) is -0.0315. The second kappa shape index (κ2) is 5.26. The molecule has 0 saturated heterocycles. The molecule has 0 saturated carbocycles. The van der Waals surface area contributed by atoms with Crippen LogP contribution in [0.5, 0.6) is 0 Å². The summed E-state index contributed by atoms with van der Waals surface area (Å²) < 4.78 is 27.2. The molecule has 0 amide bonds. The zero-order valence-electron chi connectivity index (χ0n) is 9.06. The number of sulfonamides is 1. The molecular formula is C9H10ClNO4S2. The van der Waals surface area contributed by atoms with Gasteiger partial charge in [-0.15, -0.1) is 11.8 Å².